The zero-order valence-electron chi connectivity index (χ0n) is 8.94. The Hall–Kier alpha value is -1.02. The van der Waals surface area contributed by atoms with Gasteiger partial charge in [-0.2, -0.15) is 13.2 Å². The van der Waals surface area contributed by atoms with Gasteiger partial charge in [0, 0.05) is 16.4 Å². The summed E-state index contributed by atoms with van der Waals surface area (Å²) in [7, 11) is -1.63. The van der Waals surface area contributed by atoms with E-state index in [1.165, 1.54) is 24.3 Å². The van der Waals surface area contributed by atoms with Crippen LogP contribution in [0, 0.1) is 0 Å². The minimum atomic E-state index is -4.34. The number of carboxylic acids is 1. The fourth-order valence-electron chi connectivity index (χ4n) is 1.12. The van der Waals surface area contributed by atoms with E-state index in [1.54, 1.807) is 0 Å². The Bertz CT molecular complexity index is 460. The lowest BCUT2D eigenvalue weighted by Crippen LogP contribution is -2.08. The van der Waals surface area contributed by atoms with Gasteiger partial charge in [0.2, 0.25) is 0 Å². The minimum Gasteiger partial charge on any atom is -0.478 e. The summed E-state index contributed by atoms with van der Waals surface area (Å²) in [6, 6.07) is 5.37. The number of halogens is 3. The van der Waals surface area contributed by atoms with Gasteiger partial charge in [0.05, 0.1) is 16.4 Å². The van der Waals surface area contributed by atoms with Gasteiger partial charge >= 0.3 is 11.5 Å². The molecule has 0 aromatic heterocycles. The number of thioether (sulfide) groups is 1. The van der Waals surface area contributed by atoms with Crippen molar-refractivity contribution in [2.45, 2.75) is 10.4 Å². The summed E-state index contributed by atoms with van der Waals surface area (Å²) in [6.07, 6.45) is 0. The van der Waals surface area contributed by atoms with Crippen molar-refractivity contribution in [3.8, 4) is 0 Å². The molecule has 1 aromatic carbocycles. The van der Waals surface area contributed by atoms with Crippen molar-refractivity contribution in [3.05, 3.63) is 29.8 Å². The summed E-state index contributed by atoms with van der Waals surface area (Å²) in [5, 5.41) is 8.72. The van der Waals surface area contributed by atoms with E-state index in [2.05, 4.69) is 0 Å². The maximum atomic E-state index is 11.9. The minimum absolute atomic E-state index is 0.0377. The molecule has 1 aromatic rings. The Kier molecular flexibility index (Phi) is 5.21. The van der Waals surface area contributed by atoms with Crippen LogP contribution in [0.2, 0.25) is 0 Å². The first-order valence-corrected chi connectivity index (χ1v) is 7.02. The number of alkyl halides is 3. The van der Waals surface area contributed by atoms with E-state index in [9.17, 15) is 22.2 Å². The van der Waals surface area contributed by atoms with Crippen molar-refractivity contribution in [1.29, 1.82) is 0 Å². The highest BCUT2D eigenvalue weighted by atomic mass is 32.2. The molecule has 0 aliphatic rings. The third kappa shape index (κ3) is 5.09. The van der Waals surface area contributed by atoms with E-state index in [0.717, 1.165) is 0 Å². The molecular weight excluding hydrogens is 289 g/mol. The second-order valence-corrected chi connectivity index (χ2v) is 5.91. The number of aromatic carboxylic acids is 1. The lowest BCUT2D eigenvalue weighted by molar-refractivity contribution is -0.0326. The number of carboxylic acid groups (broad SMARTS) is 1. The van der Waals surface area contributed by atoms with Crippen LogP contribution in [-0.4, -0.2) is 32.3 Å². The Labute approximate surface area is 108 Å². The molecule has 3 nitrogen and oxygen atoms in total. The first-order valence-electron chi connectivity index (χ1n) is 4.72. The summed E-state index contributed by atoms with van der Waals surface area (Å²) < 4.78 is 47.2. The van der Waals surface area contributed by atoms with Gasteiger partial charge in [0.1, 0.15) is 0 Å². The topological polar surface area (TPSA) is 54.4 Å². The summed E-state index contributed by atoms with van der Waals surface area (Å²) in [6.45, 7) is 0. The zero-order chi connectivity index (χ0) is 13.8. The quantitative estimate of drug-likeness (QED) is 0.908. The van der Waals surface area contributed by atoms with Gasteiger partial charge in [0.15, 0.2) is 0 Å². The van der Waals surface area contributed by atoms with E-state index >= 15 is 0 Å². The molecule has 0 aliphatic carbocycles. The van der Waals surface area contributed by atoms with E-state index in [1.807, 2.05) is 0 Å². The van der Waals surface area contributed by atoms with Crippen molar-refractivity contribution in [1.82, 2.24) is 0 Å². The standard InChI is InChI=1S/C10H9F3O3S2/c11-10(12,13)17-4-5-18(16)8-3-1-2-7(6-8)9(14)15/h1-3,6H,4-5H2,(H,14,15). The average Bonchev–Trinajstić information content (AvgIpc) is 2.27. The van der Waals surface area contributed by atoms with Gasteiger partial charge in [-0.1, -0.05) is 17.8 Å². The van der Waals surface area contributed by atoms with Crippen LogP contribution in [0.4, 0.5) is 13.2 Å². The first-order chi connectivity index (χ1) is 8.29. The highest BCUT2D eigenvalue weighted by Gasteiger charge is 2.27. The van der Waals surface area contributed by atoms with Crippen LogP contribution >= 0.6 is 11.8 Å². The molecule has 18 heavy (non-hydrogen) atoms. The molecule has 0 bridgehead atoms. The molecule has 0 heterocycles. The predicted octanol–water partition coefficient (Wildman–Crippen LogP) is 2.75. The van der Waals surface area contributed by atoms with Crippen molar-refractivity contribution in [2.24, 2.45) is 0 Å². The molecule has 1 unspecified atom stereocenters. The summed E-state index contributed by atoms with van der Waals surface area (Å²) in [4.78, 5) is 10.9. The largest absolute Gasteiger partial charge is 0.478 e. The molecular formula is C10H9F3O3S2. The Balaban J connectivity index is 2.62. The van der Waals surface area contributed by atoms with Crippen LogP contribution in [0.3, 0.4) is 0 Å². The molecule has 100 valence electrons. The van der Waals surface area contributed by atoms with Gasteiger partial charge in [-0.3, -0.25) is 4.21 Å². The zero-order valence-corrected chi connectivity index (χ0v) is 10.6. The van der Waals surface area contributed by atoms with Gasteiger partial charge in [0.25, 0.3) is 0 Å². The van der Waals surface area contributed by atoms with Crippen LogP contribution in [0.1, 0.15) is 10.4 Å². The SMILES string of the molecule is O=C(O)c1cccc(S(=O)CCSC(F)(F)F)c1. The molecule has 0 radical (unpaired) electrons. The van der Waals surface area contributed by atoms with Crippen LogP contribution in [0.5, 0.6) is 0 Å². The Morgan fingerprint density at radius 3 is 2.61 bits per heavy atom. The van der Waals surface area contributed by atoms with E-state index in [-0.39, 0.29) is 33.7 Å². The number of carbonyl (C=O) groups is 1. The molecule has 1 atom stereocenters. The van der Waals surface area contributed by atoms with Crippen LogP contribution in [-0.2, 0) is 10.8 Å². The Morgan fingerprint density at radius 2 is 2.06 bits per heavy atom. The van der Waals surface area contributed by atoms with E-state index in [0.29, 0.717) is 0 Å². The predicted molar refractivity (Wildman–Crippen MR) is 63.2 cm³/mol. The fourth-order valence-corrected chi connectivity index (χ4v) is 3.02. The first kappa shape index (κ1) is 15.0. The fraction of sp³-hybridized carbons (Fsp3) is 0.300. The number of hydrogen-bond donors (Lipinski definition) is 1. The number of benzene rings is 1. The van der Waals surface area contributed by atoms with Crippen molar-refractivity contribution in [2.75, 3.05) is 11.5 Å². The molecule has 0 saturated carbocycles. The summed E-state index contributed by atoms with van der Waals surface area (Å²) in [5.41, 5.74) is -4.38. The van der Waals surface area contributed by atoms with Gasteiger partial charge < -0.3 is 5.11 Å². The monoisotopic (exact) mass is 298 g/mol. The third-order valence-corrected chi connectivity index (χ3v) is 4.23. The van der Waals surface area contributed by atoms with Crippen LogP contribution in [0.15, 0.2) is 29.2 Å². The number of hydrogen-bond acceptors (Lipinski definition) is 3. The second-order valence-electron chi connectivity index (χ2n) is 3.18. The van der Waals surface area contributed by atoms with Crippen LogP contribution in [0.25, 0.3) is 0 Å². The molecule has 8 heteroatoms. The van der Waals surface area contributed by atoms with Crippen molar-refractivity contribution in [3.63, 3.8) is 0 Å². The molecule has 0 amide bonds. The maximum absolute atomic E-state index is 11.9. The second kappa shape index (κ2) is 6.24. The highest BCUT2D eigenvalue weighted by Crippen LogP contribution is 2.30. The van der Waals surface area contributed by atoms with E-state index < -0.39 is 22.3 Å². The van der Waals surface area contributed by atoms with E-state index in [4.69, 9.17) is 5.11 Å². The number of rotatable bonds is 5. The van der Waals surface area contributed by atoms with Gasteiger partial charge in [-0.15, -0.1) is 0 Å². The molecule has 1 N–H and O–H groups in total. The molecule has 1 rings (SSSR count). The maximum Gasteiger partial charge on any atom is 0.441 e. The lowest BCUT2D eigenvalue weighted by Gasteiger charge is -2.06. The third-order valence-electron chi connectivity index (χ3n) is 1.88. The Morgan fingerprint density at radius 1 is 1.39 bits per heavy atom. The average molecular weight is 298 g/mol. The highest BCUT2D eigenvalue weighted by molar-refractivity contribution is 8.00. The van der Waals surface area contributed by atoms with Gasteiger partial charge in [-0.25, -0.2) is 4.79 Å². The molecule has 0 spiro atoms. The molecule has 0 saturated heterocycles. The van der Waals surface area contributed by atoms with Gasteiger partial charge in [-0.05, 0) is 18.2 Å². The molecule has 0 aliphatic heterocycles. The van der Waals surface area contributed by atoms with Crippen molar-refractivity contribution < 1.29 is 27.3 Å². The lowest BCUT2D eigenvalue weighted by atomic mass is 10.2. The van der Waals surface area contributed by atoms with Crippen molar-refractivity contribution >= 4 is 28.5 Å². The summed E-state index contributed by atoms with van der Waals surface area (Å²) >= 11 is -0.242. The molecule has 0 fully saturated rings. The summed E-state index contributed by atoms with van der Waals surface area (Å²) in [5.74, 6) is -1.67. The normalized spacial score (nSPS) is 13.3. The smallest absolute Gasteiger partial charge is 0.441 e. The van der Waals surface area contributed by atoms with Crippen LogP contribution < -0.4 is 0 Å².